The van der Waals surface area contributed by atoms with E-state index in [1.54, 1.807) is 35.0 Å². The zero-order valence-electron chi connectivity index (χ0n) is 13.7. The van der Waals surface area contributed by atoms with E-state index in [1.165, 1.54) is 0 Å². The van der Waals surface area contributed by atoms with Crippen LogP contribution >= 0.6 is 0 Å². The van der Waals surface area contributed by atoms with Crippen molar-refractivity contribution in [1.29, 1.82) is 0 Å². The molecule has 1 aliphatic heterocycles. The zero-order chi connectivity index (χ0) is 17.4. The molecule has 1 aliphatic rings. The maximum Gasteiger partial charge on any atom is 0.272 e. The van der Waals surface area contributed by atoms with Crippen molar-refractivity contribution < 1.29 is 9.90 Å². The number of likely N-dealkylation sites (tertiary alicyclic amines) is 1. The summed E-state index contributed by atoms with van der Waals surface area (Å²) >= 11 is 0. The molecular weight excluding hydrogens is 320 g/mol. The van der Waals surface area contributed by atoms with Crippen LogP contribution < -0.4 is 0 Å². The first-order chi connectivity index (χ1) is 12.1. The van der Waals surface area contributed by atoms with Gasteiger partial charge in [-0.3, -0.25) is 9.78 Å². The van der Waals surface area contributed by atoms with Gasteiger partial charge in [0, 0.05) is 37.4 Å². The van der Waals surface area contributed by atoms with E-state index in [2.05, 4.69) is 15.3 Å². The maximum absolute atomic E-state index is 12.6. The summed E-state index contributed by atoms with van der Waals surface area (Å²) in [5.41, 5.74) is 1.86. The molecule has 1 unspecified atom stereocenters. The highest BCUT2D eigenvalue weighted by molar-refractivity contribution is 5.93. The number of amides is 1. The van der Waals surface area contributed by atoms with E-state index in [0.717, 1.165) is 5.69 Å². The number of carbonyl (C=O) groups is 1. The second-order valence-corrected chi connectivity index (χ2v) is 6.15. The van der Waals surface area contributed by atoms with Gasteiger partial charge < -0.3 is 14.6 Å². The third-order valence-electron chi connectivity index (χ3n) is 4.34. The number of rotatable bonds is 4. The SMILES string of the molecule is CC(O)c1cn(C2CN(C(=O)c3cc(-n4cccc4)ccn3)C2)nn1. The summed E-state index contributed by atoms with van der Waals surface area (Å²) in [7, 11) is 0. The molecule has 1 atom stereocenters. The van der Waals surface area contributed by atoms with Crippen molar-refractivity contribution in [3.05, 3.63) is 60.4 Å². The van der Waals surface area contributed by atoms with Gasteiger partial charge in [0.15, 0.2) is 0 Å². The minimum Gasteiger partial charge on any atom is -0.387 e. The molecule has 0 radical (unpaired) electrons. The van der Waals surface area contributed by atoms with Gasteiger partial charge in [0.1, 0.15) is 11.4 Å². The van der Waals surface area contributed by atoms with E-state index in [1.807, 2.05) is 35.2 Å². The molecule has 0 aromatic carbocycles. The molecule has 1 N–H and O–H groups in total. The summed E-state index contributed by atoms with van der Waals surface area (Å²) in [6, 6.07) is 7.60. The molecule has 8 nitrogen and oxygen atoms in total. The third-order valence-corrected chi connectivity index (χ3v) is 4.34. The van der Waals surface area contributed by atoms with Crippen molar-refractivity contribution in [2.24, 2.45) is 0 Å². The summed E-state index contributed by atoms with van der Waals surface area (Å²) < 4.78 is 3.64. The summed E-state index contributed by atoms with van der Waals surface area (Å²) in [4.78, 5) is 18.5. The molecule has 0 spiro atoms. The average molecular weight is 338 g/mol. The Morgan fingerprint density at radius 1 is 1.32 bits per heavy atom. The molecule has 4 heterocycles. The van der Waals surface area contributed by atoms with E-state index in [0.29, 0.717) is 24.5 Å². The number of pyridine rings is 1. The van der Waals surface area contributed by atoms with E-state index in [9.17, 15) is 9.90 Å². The highest BCUT2D eigenvalue weighted by Crippen LogP contribution is 2.23. The Hall–Kier alpha value is -3.00. The lowest BCUT2D eigenvalue weighted by atomic mass is 10.1. The summed E-state index contributed by atoms with van der Waals surface area (Å²) in [5.74, 6) is -0.0962. The van der Waals surface area contributed by atoms with Gasteiger partial charge in [-0.2, -0.15) is 0 Å². The first kappa shape index (κ1) is 15.5. The molecule has 4 rings (SSSR count). The standard InChI is InChI=1S/C17H18N6O2/c1-12(24)16-11-23(20-19-16)14-9-22(10-14)17(25)15-8-13(4-5-18-15)21-6-2-3-7-21/h2-8,11-12,14,24H,9-10H2,1H3. The van der Waals surface area contributed by atoms with Crippen LogP contribution in [0.2, 0.25) is 0 Å². The molecule has 128 valence electrons. The van der Waals surface area contributed by atoms with Gasteiger partial charge in [-0.15, -0.1) is 5.10 Å². The summed E-state index contributed by atoms with van der Waals surface area (Å²) in [6.07, 6.45) is 6.57. The van der Waals surface area contributed by atoms with Gasteiger partial charge in [-0.25, -0.2) is 4.68 Å². The van der Waals surface area contributed by atoms with Crippen LogP contribution in [0.25, 0.3) is 5.69 Å². The molecule has 0 saturated carbocycles. The first-order valence-electron chi connectivity index (χ1n) is 8.10. The number of aromatic nitrogens is 5. The van der Waals surface area contributed by atoms with Crippen LogP contribution in [0.1, 0.15) is 35.3 Å². The summed E-state index contributed by atoms with van der Waals surface area (Å²) in [6.45, 7) is 2.75. The fourth-order valence-corrected chi connectivity index (χ4v) is 2.81. The fourth-order valence-electron chi connectivity index (χ4n) is 2.81. The molecule has 1 saturated heterocycles. The highest BCUT2D eigenvalue weighted by atomic mass is 16.3. The predicted octanol–water partition coefficient (Wildman–Crippen LogP) is 1.21. The van der Waals surface area contributed by atoms with Crippen molar-refractivity contribution in [3.8, 4) is 5.69 Å². The van der Waals surface area contributed by atoms with Crippen LogP contribution in [0.5, 0.6) is 0 Å². The van der Waals surface area contributed by atoms with Crippen molar-refractivity contribution in [3.63, 3.8) is 0 Å². The number of hydrogen-bond donors (Lipinski definition) is 1. The normalized spacial score (nSPS) is 15.8. The Balaban J connectivity index is 1.44. The van der Waals surface area contributed by atoms with Crippen LogP contribution in [0.4, 0.5) is 0 Å². The second-order valence-electron chi connectivity index (χ2n) is 6.15. The topological polar surface area (TPSA) is 89.1 Å². The van der Waals surface area contributed by atoms with Gasteiger partial charge in [0.2, 0.25) is 0 Å². The van der Waals surface area contributed by atoms with Crippen LogP contribution in [-0.4, -0.2) is 53.5 Å². The van der Waals surface area contributed by atoms with Gasteiger partial charge in [0.05, 0.1) is 18.3 Å². The van der Waals surface area contributed by atoms with Crippen LogP contribution in [-0.2, 0) is 0 Å². The van der Waals surface area contributed by atoms with Crippen LogP contribution in [0.15, 0.2) is 49.1 Å². The Labute approximate surface area is 144 Å². The van der Waals surface area contributed by atoms with E-state index in [4.69, 9.17) is 0 Å². The third kappa shape index (κ3) is 2.91. The van der Waals surface area contributed by atoms with Crippen LogP contribution in [0.3, 0.4) is 0 Å². The van der Waals surface area contributed by atoms with Gasteiger partial charge in [0.25, 0.3) is 5.91 Å². The minimum absolute atomic E-state index is 0.0802. The maximum atomic E-state index is 12.6. The Bertz CT molecular complexity index is 880. The largest absolute Gasteiger partial charge is 0.387 e. The Morgan fingerprint density at radius 3 is 2.76 bits per heavy atom. The van der Waals surface area contributed by atoms with Crippen molar-refractivity contribution in [2.75, 3.05) is 13.1 Å². The number of carbonyl (C=O) groups excluding carboxylic acids is 1. The molecule has 0 aliphatic carbocycles. The van der Waals surface area contributed by atoms with E-state index in [-0.39, 0.29) is 11.9 Å². The summed E-state index contributed by atoms with van der Waals surface area (Å²) in [5, 5.41) is 17.5. The molecule has 25 heavy (non-hydrogen) atoms. The smallest absolute Gasteiger partial charge is 0.272 e. The second kappa shape index (κ2) is 6.14. The number of aliphatic hydroxyl groups excluding tert-OH is 1. The first-order valence-corrected chi connectivity index (χ1v) is 8.10. The highest BCUT2D eigenvalue weighted by Gasteiger charge is 2.34. The quantitative estimate of drug-likeness (QED) is 0.772. The molecule has 0 bridgehead atoms. The molecule has 3 aromatic rings. The van der Waals surface area contributed by atoms with E-state index < -0.39 is 6.10 Å². The van der Waals surface area contributed by atoms with E-state index >= 15 is 0 Å². The molecule has 3 aromatic heterocycles. The van der Waals surface area contributed by atoms with Gasteiger partial charge in [-0.05, 0) is 31.2 Å². The molecule has 1 fully saturated rings. The van der Waals surface area contributed by atoms with Crippen molar-refractivity contribution in [2.45, 2.75) is 19.1 Å². The lowest BCUT2D eigenvalue weighted by Gasteiger charge is -2.38. The molecular formula is C17H18N6O2. The lowest BCUT2D eigenvalue weighted by Crippen LogP contribution is -2.51. The van der Waals surface area contributed by atoms with Gasteiger partial charge >= 0.3 is 0 Å². The average Bonchev–Trinajstić information content (AvgIpc) is 3.25. The zero-order valence-corrected chi connectivity index (χ0v) is 13.7. The Morgan fingerprint density at radius 2 is 2.08 bits per heavy atom. The molecule has 1 amide bonds. The van der Waals surface area contributed by atoms with Crippen molar-refractivity contribution >= 4 is 5.91 Å². The number of nitrogens with zero attached hydrogens (tertiary/aromatic N) is 6. The lowest BCUT2D eigenvalue weighted by molar-refractivity contribution is 0.0492. The van der Waals surface area contributed by atoms with Crippen LogP contribution in [0, 0.1) is 0 Å². The number of aliphatic hydroxyl groups is 1. The predicted molar refractivity (Wildman–Crippen MR) is 89.2 cm³/mol. The van der Waals surface area contributed by atoms with Gasteiger partial charge in [-0.1, -0.05) is 5.21 Å². The fraction of sp³-hybridized carbons (Fsp3) is 0.294. The molecule has 8 heteroatoms. The monoisotopic (exact) mass is 338 g/mol. The number of hydrogen-bond acceptors (Lipinski definition) is 5. The van der Waals surface area contributed by atoms with Crippen molar-refractivity contribution in [1.82, 2.24) is 29.4 Å². The Kier molecular flexibility index (Phi) is 3.81. The minimum atomic E-state index is -0.646.